The van der Waals surface area contributed by atoms with Gasteiger partial charge in [0, 0.05) is 64.9 Å². The third-order valence-electron chi connectivity index (χ3n) is 5.77. The molecule has 0 unspecified atom stereocenters. The van der Waals surface area contributed by atoms with Gasteiger partial charge in [0.05, 0.1) is 10.5 Å². The Morgan fingerprint density at radius 1 is 1.19 bits per heavy atom. The summed E-state index contributed by atoms with van der Waals surface area (Å²) in [5, 5.41) is 4.62. The van der Waals surface area contributed by atoms with Gasteiger partial charge in [-0.1, -0.05) is 11.6 Å². The van der Waals surface area contributed by atoms with Gasteiger partial charge in [0.25, 0.3) is 0 Å². The number of halogens is 3. The molecule has 0 bridgehead atoms. The van der Waals surface area contributed by atoms with E-state index in [0.29, 0.717) is 47.3 Å². The molecule has 5 nitrogen and oxygen atoms in total. The zero-order chi connectivity index (χ0) is 21.9. The van der Waals surface area contributed by atoms with Crippen molar-refractivity contribution in [2.75, 3.05) is 23.7 Å². The van der Waals surface area contributed by atoms with Gasteiger partial charge in [0.15, 0.2) is 0 Å². The lowest BCUT2D eigenvalue weighted by molar-refractivity contribution is 0.405. The molecule has 31 heavy (non-hydrogen) atoms. The first-order valence-corrected chi connectivity index (χ1v) is 11.6. The summed E-state index contributed by atoms with van der Waals surface area (Å²) < 4.78 is 29.8. The standard InChI is InChI=1S/C22H21ClF2N4OS/c1-11-9-28(10-12(2)26-11)21-15-8-16(23)18(14-4-3-13(24)7-17(14)25)20-19(15)29(5-6-31-20)22(30)27-21/h3-4,7-8,11-12,26H,5-6,9-10H2,1-2H3/t11-,12-/m0/s1. The Morgan fingerprint density at radius 2 is 1.94 bits per heavy atom. The highest BCUT2D eigenvalue weighted by Gasteiger charge is 2.29. The third-order valence-corrected chi connectivity index (χ3v) is 7.14. The molecule has 0 aliphatic carbocycles. The predicted molar refractivity (Wildman–Crippen MR) is 121 cm³/mol. The maximum Gasteiger partial charge on any atom is 0.350 e. The summed E-state index contributed by atoms with van der Waals surface area (Å²) in [5.41, 5.74) is 1.10. The van der Waals surface area contributed by atoms with Crippen molar-refractivity contribution in [2.24, 2.45) is 0 Å². The van der Waals surface area contributed by atoms with E-state index >= 15 is 0 Å². The van der Waals surface area contributed by atoms with E-state index in [1.807, 2.05) is 0 Å². The van der Waals surface area contributed by atoms with Crippen molar-refractivity contribution in [3.05, 3.63) is 51.4 Å². The Hall–Kier alpha value is -2.16. The first kappa shape index (κ1) is 20.7. The van der Waals surface area contributed by atoms with Gasteiger partial charge in [0.2, 0.25) is 0 Å². The van der Waals surface area contributed by atoms with Crippen LogP contribution in [0.25, 0.3) is 22.0 Å². The molecule has 9 heteroatoms. The van der Waals surface area contributed by atoms with Gasteiger partial charge in [-0.25, -0.2) is 13.6 Å². The molecule has 2 atom stereocenters. The minimum absolute atomic E-state index is 0.222. The number of benzene rings is 2. The Labute approximate surface area is 187 Å². The molecule has 1 saturated heterocycles. The molecule has 162 valence electrons. The van der Waals surface area contributed by atoms with Crippen LogP contribution >= 0.6 is 23.4 Å². The zero-order valence-electron chi connectivity index (χ0n) is 17.1. The molecule has 1 fully saturated rings. The molecule has 0 amide bonds. The molecule has 5 rings (SSSR count). The second kappa shape index (κ2) is 7.76. The quantitative estimate of drug-likeness (QED) is 0.615. The molecule has 2 aliphatic heterocycles. The van der Waals surface area contributed by atoms with Gasteiger partial charge in [-0.3, -0.25) is 4.57 Å². The lowest BCUT2D eigenvalue weighted by Gasteiger charge is -2.37. The van der Waals surface area contributed by atoms with E-state index < -0.39 is 11.6 Å². The fourth-order valence-corrected chi connectivity index (χ4v) is 6.19. The van der Waals surface area contributed by atoms with E-state index in [4.69, 9.17) is 11.6 Å². The smallest absolute Gasteiger partial charge is 0.350 e. The lowest BCUT2D eigenvalue weighted by Crippen LogP contribution is -2.55. The molecule has 3 heterocycles. The van der Waals surface area contributed by atoms with Crippen molar-refractivity contribution < 1.29 is 8.78 Å². The van der Waals surface area contributed by atoms with Gasteiger partial charge < -0.3 is 10.2 Å². The average Bonchev–Trinajstić information content (AvgIpc) is 2.70. The topological polar surface area (TPSA) is 50.2 Å². The second-order valence-corrected chi connectivity index (χ2v) is 9.69. The minimum atomic E-state index is -0.684. The van der Waals surface area contributed by atoms with E-state index in [1.54, 1.807) is 10.6 Å². The number of aryl methyl sites for hydroxylation is 1. The fraction of sp³-hybridized carbons (Fsp3) is 0.364. The van der Waals surface area contributed by atoms with Crippen LogP contribution < -0.4 is 15.9 Å². The van der Waals surface area contributed by atoms with Crippen LogP contribution in [0.3, 0.4) is 0 Å². The molecule has 3 aromatic rings. The molecule has 1 aromatic heterocycles. The van der Waals surface area contributed by atoms with E-state index in [1.165, 1.54) is 23.9 Å². The normalized spacial score (nSPS) is 21.0. The van der Waals surface area contributed by atoms with Crippen LogP contribution in [0.2, 0.25) is 5.02 Å². The van der Waals surface area contributed by atoms with E-state index in [-0.39, 0.29) is 23.3 Å². The second-order valence-electron chi connectivity index (χ2n) is 8.17. The van der Waals surface area contributed by atoms with Crippen molar-refractivity contribution in [3.8, 4) is 11.1 Å². The summed E-state index contributed by atoms with van der Waals surface area (Å²) >= 11 is 8.23. The van der Waals surface area contributed by atoms with Gasteiger partial charge in [-0.2, -0.15) is 4.98 Å². The van der Waals surface area contributed by atoms with Gasteiger partial charge in [-0.15, -0.1) is 11.8 Å². The SMILES string of the molecule is C[C@H]1CN(c2nc(=O)n3c4c(c(-c5ccc(F)cc5F)c(Cl)cc24)SCC3)C[C@H](C)N1. The zero-order valence-corrected chi connectivity index (χ0v) is 18.7. The summed E-state index contributed by atoms with van der Waals surface area (Å²) in [6.07, 6.45) is 0. The van der Waals surface area contributed by atoms with Gasteiger partial charge in [-0.05, 0) is 32.0 Å². The van der Waals surface area contributed by atoms with Crippen molar-refractivity contribution in [1.29, 1.82) is 0 Å². The average molecular weight is 463 g/mol. The molecule has 2 aromatic carbocycles. The third kappa shape index (κ3) is 3.50. The van der Waals surface area contributed by atoms with Crippen LogP contribution in [0.5, 0.6) is 0 Å². The number of hydrogen-bond donors (Lipinski definition) is 1. The molecule has 0 spiro atoms. The fourth-order valence-electron chi connectivity index (χ4n) is 4.63. The highest BCUT2D eigenvalue weighted by molar-refractivity contribution is 7.99. The minimum Gasteiger partial charge on any atom is -0.353 e. The summed E-state index contributed by atoms with van der Waals surface area (Å²) in [5.74, 6) is -0.0874. The number of piperazine rings is 1. The molecular weight excluding hydrogens is 442 g/mol. The Balaban J connectivity index is 1.80. The van der Waals surface area contributed by atoms with Gasteiger partial charge in [0.1, 0.15) is 17.5 Å². The Kier molecular flexibility index (Phi) is 5.19. The van der Waals surface area contributed by atoms with Crippen molar-refractivity contribution in [3.63, 3.8) is 0 Å². The van der Waals surface area contributed by atoms with Crippen molar-refractivity contribution in [1.82, 2.24) is 14.9 Å². The first-order valence-electron chi connectivity index (χ1n) is 10.2. The molecule has 1 N–H and O–H groups in total. The first-order chi connectivity index (χ1) is 14.8. The van der Waals surface area contributed by atoms with Crippen LogP contribution in [0.4, 0.5) is 14.6 Å². The summed E-state index contributed by atoms with van der Waals surface area (Å²) in [6.45, 7) is 6.13. The number of thioether (sulfide) groups is 1. The molecule has 0 radical (unpaired) electrons. The number of hydrogen-bond acceptors (Lipinski definition) is 5. The monoisotopic (exact) mass is 462 g/mol. The highest BCUT2D eigenvalue weighted by atomic mass is 35.5. The summed E-state index contributed by atoms with van der Waals surface area (Å²) in [6, 6.07) is 5.71. The van der Waals surface area contributed by atoms with Gasteiger partial charge >= 0.3 is 5.69 Å². The van der Waals surface area contributed by atoms with Crippen molar-refractivity contribution >= 4 is 40.1 Å². The van der Waals surface area contributed by atoms with Crippen molar-refractivity contribution in [2.45, 2.75) is 37.4 Å². The summed E-state index contributed by atoms with van der Waals surface area (Å²) in [4.78, 5) is 20.2. The largest absolute Gasteiger partial charge is 0.353 e. The highest BCUT2D eigenvalue weighted by Crippen LogP contribution is 2.46. The Morgan fingerprint density at radius 3 is 2.65 bits per heavy atom. The van der Waals surface area contributed by atoms with E-state index in [9.17, 15) is 13.6 Å². The lowest BCUT2D eigenvalue weighted by atomic mass is 10.0. The number of nitrogens with one attached hydrogen (secondary N) is 1. The van der Waals surface area contributed by atoms with Crippen LogP contribution in [-0.2, 0) is 6.54 Å². The summed E-state index contributed by atoms with van der Waals surface area (Å²) in [7, 11) is 0. The van der Waals surface area contributed by atoms with E-state index in [2.05, 4.69) is 29.0 Å². The Bertz CT molecular complexity index is 1250. The predicted octanol–water partition coefficient (Wildman–Crippen LogP) is 4.29. The molecular formula is C22H21ClF2N4OS. The van der Waals surface area contributed by atoms with Crippen LogP contribution in [0.15, 0.2) is 34.0 Å². The number of anilines is 1. The number of aromatic nitrogens is 2. The number of rotatable bonds is 2. The van der Waals surface area contributed by atoms with Crippen LogP contribution in [-0.4, -0.2) is 40.5 Å². The maximum atomic E-state index is 14.7. The van der Waals surface area contributed by atoms with Crippen LogP contribution in [0, 0.1) is 11.6 Å². The van der Waals surface area contributed by atoms with E-state index in [0.717, 1.165) is 16.3 Å². The molecule has 0 saturated carbocycles. The number of nitrogens with zero attached hydrogens (tertiary/aromatic N) is 3. The maximum absolute atomic E-state index is 14.7. The molecule has 2 aliphatic rings. The van der Waals surface area contributed by atoms with Crippen LogP contribution in [0.1, 0.15) is 13.8 Å².